The molecule has 0 saturated heterocycles. The second-order valence-corrected chi connectivity index (χ2v) is 6.70. The number of hydrogen-bond donors (Lipinski definition) is 1. The summed E-state index contributed by atoms with van der Waals surface area (Å²) in [5.74, 6) is 0.456. The van der Waals surface area contributed by atoms with Gasteiger partial charge in [0.25, 0.3) is 0 Å². The molecule has 0 spiro atoms. The first-order chi connectivity index (χ1) is 8.51. The lowest BCUT2D eigenvalue weighted by molar-refractivity contribution is -0.138. The van der Waals surface area contributed by atoms with Gasteiger partial charge >= 0.3 is 5.97 Å². The molecule has 1 N–H and O–H groups in total. The van der Waals surface area contributed by atoms with Gasteiger partial charge in [-0.3, -0.25) is 4.79 Å². The summed E-state index contributed by atoms with van der Waals surface area (Å²) in [6.45, 7) is 0. The molecule has 2 rings (SSSR count). The zero-order valence-electron chi connectivity index (χ0n) is 9.79. The van der Waals surface area contributed by atoms with E-state index in [1.54, 1.807) is 17.8 Å². The number of hydrogen-bond acceptors (Lipinski definition) is 2. The van der Waals surface area contributed by atoms with Gasteiger partial charge in [-0.05, 0) is 41.7 Å². The van der Waals surface area contributed by atoms with Crippen LogP contribution in [0.15, 0.2) is 22.7 Å². The van der Waals surface area contributed by atoms with Crippen LogP contribution in [0.4, 0.5) is 4.39 Å². The van der Waals surface area contributed by atoms with E-state index in [1.165, 1.54) is 6.07 Å². The maximum absolute atomic E-state index is 13.6. The Bertz CT molecular complexity index is 460. The van der Waals surface area contributed by atoms with Crippen LogP contribution in [-0.2, 0) is 10.5 Å². The minimum Gasteiger partial charge on any atom is -0.481 e. The van der Waals surface area contributed by atoms with Crippen LogP contribution >= 0.6 is 27.7 Å². The second kappa shape index (κ2) is 5.61. The molecule has 2 nitrogen and oxygen atoms in total. The maximum Gasteiger partial charge on any atom is 0.303 e. The number of rotatable bonds is 6. The van der Waals surface area contributed by atoms with Gasteiger partial charge in [-0.15, -0.1) is 0 Å². The van der Waals surface area contributed by atoms with Gasteiger partial charge in [-0.2, -0.15) is 11.8 Å². The fourth-order valence-electron chi connectivity index (χ4n) is 1.89. The van der Waals surface area contributed by atoms with E-state index in [0.29, 0.717) is 11.3 Å². The van der Waals surface area contributed by atoms with E-state index >= 15 is 0 Å². The minimum absolute atomic E-state index is 0.0255. The molecule has 98 valence electrons. The SMILES string of the molecule is O=C(O)CC1(CSCc2ccc(Br)cc2F)CC1. The summed E-state index contributed by atoms with van der Waals surface area (Å²) in [5.41, 5.74) is 0.650. The van der Waals surface area contributed by atoms with E-state index in [1.807, 2.05) is 6.07 Å². The fraction of sp³-hybridized carbons (Fsp3) is 0.462. The Kier molecular flexibility index (Phi) is 4.33. The molecule has 0 radical (unpaired) electrons. The lowest BCUT2D eigenvalue weighted by Crippen LogP contribution is -2.11. The highest BCUT2D eigenvalue weighted by Crippen LogP contribution is 2.51. The first kappa shape index (κ1) is 13.9. The second-order valence-electron chi connectivity index (χ2n) is 4.80. The van der Waals surface area contributed by atoms with Crippen molar-refractivity contribution in [2.75, 3.05) is 5.75 Å². The molecule has 0 unspecified atom stereocenters. The predicted octanol–water partition coefficient (Wildman–Crippen LogP) is 4.08. The smallest absolute Gasteiger partial charge is 0.303 e. The minimum atomic E-state index is -0.733. The molecule has 0 aromatic heterocycles. The van der Waals surface area contributed by atoms with Crippen LogP contribution in [0.1, 0.15) is 24.8 Å². The highest BCUT2D eigenvalue weighted by atomic mass is 79.9. The molecule has 1 saturated carbocycles. The summed E-state index contributed by atoms with van der Waals surface area (Å²) in [4.78, 5) is 10.7. The molecular weight excluding hydrogens is 319 g/mol. The molecule has 1 aliphatic rings. The lowest BCUT2D eigenvalue weighted by Gasteiger charge is -2.12. The van der Waals surface area contributed by atoms with Gasteiger partial charge in [0.1, 0.15) is 5.82 Å². The van der Waals surface area contributed by atoms with Gasteiger partial charge in [0, 0.05) is 10.2 Å². The normalized spacial score (nSPS) is 16.6. The van der Waals surface area contributed by atoms with E-state index < -0.39 is 5.97 Å². The predicted molar refractivity (Wildman–Crippen MR) is 74.2 cm³/mol. The van der Waals surface area contributed by atoms with Crippen LogP contribution in [0.3, 0.4) is 0 Å². The van der Waals surface area contributed by atoms with Gasteiger partial charge in [-0.1, -0.05) is 22.0 Å². The zero-order valence-corrected chi connectivity index (χ0v) is 12.2. The van der Waals surface area contributed by atoms with Crippen LogP contribution in [0.25, 0.3) is 0 Å². The van der Waals surface area contributed by atoms with Gasteiger partial charge < -0.3 is 5.11 Å². The van der Waals surface area contributed by atoms with Crippen molar-refractivity contribution in [3.63, 3.8) is 0 Å². The molecule has 0 aliphatic heterocycles. The van der Waals surface area contributed by atoms with Crippen LogP contribution in [0.5, 0.6) is 0 Å². The average molecular weight is 333 g/mol. The molecule has 1 aliphatic carbocycles. The molecule has 0 bridgehead atoms. The van der Waals surface area contributed by atoms with Crippen molar-refractivity contribution in [2.24, 2.45) is 5.41 Å². The van der Waals surface area contributed by atoms with Crippen molar-refractivity contribution in [3.05, 3.63) is 34.1 Å². The maximum atomic E-state index is 13.6. The van der Waals surface area contributed by atoms with E-state index in [2.05, 4.69) is 15.9 Å². The molecular formula is C13H14BrFO2S. The Labute approximate surface area is 118 Å². The summed E-state index contributed by atoms with van der Waals surface area (Å²) in [6, 6.07) is 5.05. The number of thioether (sulfide) groups is 1. The number of benzene rings is 1. The Morgan fingerprint density at radius 2 is 2.22 bits per heavy atom. The zero-order chi connectivity index (χ0) is 13.2. The highest BCUT2D eigenvalue weighted by molar-refractivity contribution is 9.10. The Balaban J connectivity index is 1.83. The third-order valence-corrected chi connectivity index (χ3v) is 4.99. The monoisotopic (exact) mass is 332 g/mol. The van der Waals surface area contributed by atoms with E-state index in [0.717, 1.165) is 23.1 Å². The van der Waals surface area contributed by atoms with Gasteiger partial charge in [0.15, 0.2) is 0 Å². The largest absolute Gasteiger partial charge is 0.481 e. The van der Waals surface area contributed by atoms with Crippen molar-refractivity contribution in [1.82, 2.24) is 0 Å². The summed E-state index contributed by atoms with van der Waals surface area (Å²) in [5, 5.41) is 8.81. The summed E-state index contributed by atoms with van der Waals surface area (Å²) in [6.07, 6.45) is 2.20. The summed E-state index contributed by atoms with van der Waals surface area (Å²) < 4.78 is 14.3. The number of halogens is 2. The molecule has 0 amide bonds. The molecule has 1 fully saturated rings. The summed E-state index contributed by atoms with van der Waals surface area (Å²) in [7, 11) is 0. The van der Waals surface area contributed by atoms with Crippen LogP contribution < -0.4 is 0 Å². The molecule has 1 aromatic rings. The van der Waals surface area contributed by atoms with Gasteiger partial charge in [-0.25, -0.2) is 4.39 Å². The van der Waals surface area contributed by atoms with Gasteiger partial charge in [0.2, 0.25) is 0 Å². The lowest BCUT2D eigenvalue weighted by atomic mass is 10.1. The molecule has 1 aromatic carbocycles. The van der Waals surface area contributed by atoms with Crippen LogP contribution in [0, 0.1) is 11.2 Å². The first-order valence-electron chi connectivity index (χ1n) is 5.74. The van der Waals surface area contributed by atoms with Crippen LogP contribution in [-0.4, -0.2) is 16.8 Å². The van der Waals surface area contributed by atoms with E-state index in [9.17, 15) is 9.18 Å². The summed E-state index contributed by atoms with van der Waals surface area (Å²) >= 11 is 4.84. The third-order valence-electron chi connectivity index (χ3n) is 3.16. The van der Waals surface area contributed by atoms with E-state index in [4.69, 9.17) is 5.11 Å². The third kappa shape index (κ3) is 3.72. The van der Waals surface area contributed by atoms with Crippen LogP contribution in [0.2, 0.25) is 0 Å². The number of carboxylic acid groups (broad SMARTS) is 1. The molecule has 5 heteroatoms. The van der Waals surface area contributed by atoms with Crippen molar-refractivity contribution in [3.8, 4) is 0 Å². The standard InChI is InChI=1S/C13H14BrFO2S/c14-10-2-1-9(11(15)5-10)7-18-8-13(3-4-13)6-12(16)17/h1-2,5H,3-4,6-8H2,(H,16,17). The molecule has 18 heavy (non-hydrogen) atoms. The van der Waals surface area contributed by atoms with E-state index in [-0.39, 0.29) is 17.7 Å². The molecule has 0 atom stereocenters. The quantitative estimate of drug-likeness (QED) is 0.852. The number of carboxylic acids is 1. The Morgan fingerprint density at radius 1 is 1.50 bits per heavy atom. The first-order valence-corrected chi connectivity index (χ1v) is 7.69. The molecule has 0 heterocycles. The fourth-order valence-corrected chi connectivity index (χ4v) is 3.60. The van der Waals surface area contributed by atoms with Crippen molar-refractivity contribution in [1.29, 1.82) is 0 Å². The Morgan fingerprint density at radius 3 is 2.78 bits per heavy atom. The van der Waals surface area contributed by atoms with Crippen molar-refractivity contribution >= 4 is 33.7 Å². The van der Waals surface area contributed by atoms with Gasteiger partial charge in [0.05, 0.1) is 6.42 Å². The number of carbonyl (C=O) groups is 1. The highest BCUT2D eigenvalue weighted by Gasteiger charge is 2.44. The topological polar surface area (TPSA) is 37.3 Å². The average Bonchev–Trinajstić information content (AvgIpc) is 3.00. The number of aliphatic carboxylic acids is 1. The van der Waals surface area contributed by atoms with Crippen molar-refractivity contribution < 1.29 is 14.3 Å². The Hall–Kier alpha value is -0.550. The van der Waals surface area contributed by atoms with Crippen molar-refractivity contribution in [2.45, 2.75) is 25.0 Å².